The lowest BCUT2D eigenvalue weighted by molar-refractivity contribution is 0.470. The van der Waals surface area contributed by atoms with Gasteiger partial charge in [0.2, 0.25) is 10.0 Å². The Kier molecular flexibility index (Phi) is 3.67. The van der Waals surface area contributed by atoms with Crippen LogP contribution < -0.4 is 4.72 Å². The van der Waals surface area contributed by atoms with E-state index in [1.807, 2.05) is 0 Å². The minimum Gasteiger partial charge on any atom is -0.212 e. The van der Waals surface area contributed by atoms with Crippen LogP contribution in [0.4, 0.5) is 0 Å². The van der Waals surface area contributed by atoms with Crippen molar-refractivity contribution in [2.45, 2.75) is 69.1 Å². The summed E-state index contributed by atoms with van der Waals surface area (Å²) in [5.74, 6) is 0. The van der Waals surface area contributed by atoms with Gasteiger partial charge in [0.15, 0.2) is 0 Å². The maximum Gasteiger partial charge on any atom is 0.214 e. The number of hydrogen-bond acceptors (Lipinski definition) is 2. The van der Waals surface area contributed by atoms with Crippen LogP contribution in [0.15, 0.2) is 0 Å². The topological polar surface area (TPSA) is 46.2 Å². The summed E-state index contributed by atoms with van der Waals surface area (Å²) in [5, 5.41) is -0.105. The molecular formula is C11H21NO2S. The smallest absolute Gasteiger partial charge is 0.212 e. The normalized spacial score (nSPS) is 25.9. The Labute approximate surface area is 92.7 Å². The molecule has 88 valence electrons. The Hall–Kier alpha value is -0.0900. The van der Waals surface area contributed by atoms with Crippen molar-refractivity contribution in [3.8, 4) is 0 Å². The molecule has 1 N–H and O–H groups in total. The van der Waals surface area contributed by atoms with Crippen molar-refractivity contribution in [2.75, 3.05) is 0 Å². The van der Waals surface area contributed by atoms with Gasteiger partial charge in [-0.15, -0.1) is 0 Å². The van der Waals surface area contributed by atoms with Gasteiger partial charge in [-0.25, -0.2) is 13.1 Å². The van der Waals surface area contributed by atoms with Crippen LogP contribution in [0.5, 0.6) is 0 Å². The quantitative estimate of drug-likeness (QED) is 0.809. The van der Waals surface area contributed by atoms with Crippen molar-refractivity contribution < 1.29 is 8.42 Å². The van der Waals surface area contributed by atoms with Crippen LogP contribution in [0.25, 0.3) is 0 Å². The zero-order chi connectivity index (χ0) is 10.7. The molecule has 0 aliphatic heterocycles. The molecule has 2 saturated carbocycles. The average Bonchev–Trinajstić information content (AvgIpc) is 2.71. The van der Waals surface area contributed by atoms with E-state index in [1.54, 1.807) is 0 Å². The largest absolute Gasteiger partial charge is 0.214 e. The van der Waals surface area contributed by atoms with Crippen molar-refractivity contribution in [2.24, 2.45) is 0 Å². The van der Waals surface area contributed by atoms with E-state index in [1.165, 1.54) is 19.3 Å². The van der Waals surface area contributed by atoms with E-state index in [2.05, 4.69) is 4.72 Å². The predicted molar refractivity (Wildman–Crippen MR) is 61.2 cm³/mol. The van der Waals surface area contributed by atoms with Crippen LogP contribution >= 0.6 is 0 Å². The SMILES string of the molecule is O=S(=O)(NC1CCCC1)C1CCCCC1. The van der Waals surface area contributed by atoms with Gasteiger partial charge in [-0.05, 0) is 25.7 Å². The highest BCUT2D eigenvalue weighted by Gasteiger charge is 2.30. The molecule has 0 spiro atoms. The van der Waals surface area contributed by atoms with Gasteiger partial charge >= 0.3 is 0 Å². The van der Waals surface area contributed by atoms with E-state index in [4.69, 9.17) is 0 Å². The van der Waals surface area contributed by atoms with Crippen LogP contribution in [0, 0.1) is 0 Å². The molecule has 2 aliphatic rings. The molecule has 0 radical (unpaired) electrons. The Balaban J connectivity index is 1.92. The third-order valence-electron chi connectivity index (χ3n) is 3.68. The van der Waals surface area contributed by atoms with Gasteiger partial charge in [0.05, 0.1) is 5.25 Å². The van der Waals surface area contributed by atoms with E-state index in [0.29, 0.717) is 0 Å². The van der Waals surface area contributed by atoms with Crippen molar-refractivity contribution in [1.82, 2.24) is 4.72 Å². The molecule has 0 heterocycles. The second-order valence-corrected chi connectivity index (χ2v) is 6.90. The summed E-state index contributed by atoms with van der Waals surface area (Å²) in [6.07, 6.45) is 9.51. The molecule has 0 aromatic carbocycles. The Morgan fingerprint density at radius 2 is 1.33 bits per heavy atom. The summed E-state index contributed by atoms with van der Waals surface area (Å²) < 4.78 is 27.0. The van der Waals surface area contributed by atoms with Crippen molar-refractivity contribution in [1.29, 1.82) is 0 Å². The van der Waals surface area contributed by atoms with Gasteiger partial charge < -0.3 is 0 Å². The highest BCUT2D eigenvalue weighted by molar-refractivity contribution is 7.90. The summed E-state index contributed by atoms with van der Waals surface area (Å²) in [5.41, 5.74) is 0. The molecule has 0 atom stereocenters. The van der Waals surface area contributed by atoms with Gasteiger partial charge in [-0.2, -0.15) is 0 Å². The molecule has 3 nitrogen and oxygen atoms in total. The average molecular weight is 231 g/mol. The lowest BCUT2D eigenvalue weighted by Gasteiger charge is -2.24. The lowest BCUT2D eigenvalue weighted by atomic mass is 10.0. The van der Waals surface area contributed by atoms with E-state index >= 15 is 0 Å². The molecule has 2 fully saturated rings. The van der Waals surface area contributed by atoms with Gasteiger partial charge in [0, 0.05) is 6.04 Å². The maximum atomic E-state index is 12.0. The standard InChI is InChI=1S/C11H21NO2S/c13-15(14,11-8-2-1-3-9-11)12-10-6-4-5-7-10/h10-12H,1-9H2. The number of rotatable bonds is 3. The molecule has 0 aromatic rings. The zero-order valence-electron chi connectivity index (χ0n) is 9.24. The summed E-state index contributed by atoms with van der Waals surface area (Å²) >= 11 is 0. The van der Waals surface area contributed by atoms with Gasteiger partial charge in [0.1, 0.15) is 0 Å². The highest BCUT2D eigenvalue weighted by Crippen LogP contribution is 2.25. The van der Waals surface area contributed by atoms with Crippen LogP contribution in [0.3, 0.4) is 0 Å². The lowest BCUT2D eigenvalue weighted by Crippen LogP contribution is -2.40. The molecule has 4 heteroatoms. The minimum absolute atomic E-state index is 0.105. The molecule has 0 unspecified atom stereocenters. The fourth-order valence-corrected chi connectivity index (χ4v) is 4.59. The first-order valence-electron chi connectivity index (χ1n) is 6.19. The van der Waals surface area contributed by atoms with Crippen LogP contribution in [0.1, 0.15) is 57.8 Å². The summed E-state index contributed by atoms with van der Waals surface area (Å²) in [6.45, 7) is 0. The van der Waals surface area contributed by atoms with Crippen LogP contribution in [-0.4, -0.2) is 19.7 Å². The van der Waals surface area contributed by atoms with Crippen molar-refractivity contribution >= 4 is 10.0 Å². The fourth-order valence-electron chi connectivity index (χ4n) is 2.75. The Bertz CT molecular complexity index is 288. The summed E-state index contributed by atoms with van der Waals surface area (Å²) in [6, 6.07) is 0.233. The molecule has 0 saturated heterocycles. The molecule has 0 bridgehead atoms. The first-order valence-corrected chi connectivity index (χ1v) is 7.74. The first-order chi connectivity index (χ1) is 7.18. The summed E-state index contributed by atoms with van der Waals surface area (Å²) in [7, 11) is -3.02. The van der Waals surface area contributed by atoms with E-state index in [0.717, 1.165) is 38.5 Å². The van der Waals surface area contributed by atoms with Gasteiger partial charge in [-0.3, -0.25) is 0 Å². The summed E-state index contributed by atoms with van der Waals surface area (Å²) in [4.78, 5) is 0. The maximum absolute atomic E-state index is 12.0. The van der Waals surface area contributed by atoms with Gasteiger partial charge in [0.25, 0.3) is 0 Å². The monoisotopic (exact) mass is 231 g/mol. The van der Waals surface area contributed by atoms with Crippen LogP contribution in [0.2, 0.25) is 0 Å². The minimum atomic E-state index is -3.02. The first kappa shape index (κ1) is 11.4. The fraction of sp³-hybridized carbons (Fsp3) is 1.00. The predicted octanol–water partition coefficient (Wildman–Crippen LogP) is 2.18. The third-order valence-corrected chi connectivity index (χ3v) is 5.69. The Morgan fingerprint density at radius 1 is 0.800 bits per heavy atom. The second-order valence-electron chi connectivity index (χ2n) is 4.90. The van der Waals surface area contributed by atoms with Crippen molar-refractivity contribution in [3.63, 3.8) is 0 Å². The molecule has 2 rings (SSSR count). The second kappa shape index (κ2) is 4.83. The van der Waals surface area contributed by atoms with E-state index < -0.39 is 10.0 Å². The number of sulfonamides is 1. The molecular weight excluding hydrogens is 210 g/mol. The zero-order valence-corrected chi connectivity index (χ0v) is 10.1. The molecule has 0 aromatic heterocycles. The number of nitrogens with one attached hydrogen (secondary N) is 1. The van der Waals surface area contributed by atoms with Crippen LogP contribution in [-0.2, 0) is 10.0 Å². The molecule has 0 amide bonds. The Morgan fingerprint density at radius 3 is 1.93 bits per heavy atom. The van der Waals surface area contributed by atoms with E-state index in [9.17, 15) is 8.42 Å². The number of hydrogen-bond donors (Lipinski definition) is 1. The third kappa shape index (κ3) is 2.94. The van der Waals surface area contributed by atoms with Crippen molar-refractivity contribution in [3.05, 3.63) is 0 Å². The highest BCUT2D eigenvalue weighted by atomic mass is 32.2. The molecule has 15 heavy (non-hydrogen) atoms. The molecule has 2 aliphatic carbocycles. The van der Waals surface area contributed by atoms with Gasteiger partial charge in [-0.1, -0.05) is 32.1 Å². The van der Waals surface area contributed by atoms with E-state index in [-0.39, 0.29) is 11.3 Å².